The van der Waals surface area contributed by atoms with Crippen molar-refractivity contribution < 1.29 is 13.2 Å². The average Bonchev–Trinajstić information content (AvgIpc) is 3.11. The fourth-order valence-electron chi connectivity index (χ4n) is 2.80. The summed E-state index contributed by atoms with van der Waals surface area (Å²) < 4.78 is 27.7. The number of sulfonamides is 1. The number of rotatable bonds is 6. The smallest absolute Gasteiger partial charge is 0.270 e. The molecule has 1 amide bonds. The van der Waals surface area contributed by atoms with Gasteiger partial charge in [0, 0.05) is 16.6 Å². The summed E-state index contributed by atoms with van der Waals surface area (Å²) in [6, 6.07) is 11.7. The second-order valence-corrected chi connectivity index (χ2v) is 9.84. The van der Waals surface area contributed by atoms with Crippen LogP contribution in [0.1, 0.15) is 40.0 Å². The van der Waals surface area contributed by atoms with Crippen LogP contribution < -0.4 is 10.0 Å². The number of halogens is 1. The Balaban J connectivity index is 1.72. The van der Waals surface area contributed by atoms with E-state index in [1.807, 2.05) is 32.0 Å². The second kappa shape index (κ2) is 8.58. The minimum Gasteiger partial charge on any atom is -0.296 e. The first kappa shape index (κ1) is 21.4. The van der Waals surface area contributed by atoms with Crippen molar-refractivity contribution >= 4 is 44.0 Å². The van der Waals surface area contributed by atoms with E-state index in [2.05, 4.69) is 20.2 Å². The van der Waals surface area contributed by atoms with Gasteiger partial charge in [-0.3, -0.25) is 10.1 Å². The molecule has 29 heavy (non-hydrogen) atoms. The SMILES string of the molecule is Cc1ccc([C@@H](C)NS(=O)(=O)c2nnc(NC(=O)c3ccc(Cl)cc3)s2)c(C)c1. The first-order valence-corrected chi connectivity index (χ1v) is 11.3. The fourth-order valence-corrected chi connectivity index (χ4v) is 5.06. The maximum Gasteiger partial charge on any atom is 0.270 e. The Kier molecular flexibility index (Phi) is 6.33. The molecule has 0 fully saturated rings. The summed E-state index contributed by atoms with van der Waals surface area (Å²) in [6.07, 6.45) is 0. The molecule has 1 atom stereocenters. The predicted octanol–water partition coefficient (Wildman–Crippen LogP) is 4.10. The molecule has 2 N–H and O–H groups in total. The van der Waals surface area contributed by atoms with Crippen molar-refractivity contribution in [2.75, 3.05) is 5.32 Å². The molecule has 0 aliphatic heterocycles. The van der Waals surface area contributed by atoms with Crippen molar-refractivity contribution in [2.24, 2.45) is 0 Å². The van der Waals surface area contributed by atoms with E-state index in [1.54, 1.807) is 31.2 Å². The van der Waals surface area contributed by atoms with Crippen molar-refractivity contribution in [1.29, 1.82) is 0 Å². The van der Waals surface area contributed by atoms with Crippen molar-refractivity contribution in [3.05, 3.63) is 69.7 Å². The number of benzene rings is 2. The van der Waals surface area contributed by atoms with Crippen molar-refractivity contribution in [3.63, 3.8) is 0 Å². The molecule has 0 saturated heterocycles. The van der Waals surface area contributed by atoms with Crippen LogP contribution in [0.2, 0.25) is 5.02 Å². The van der Waals surface area contributed by atoms with Gasteiger partial charge in [-0.05, 0) is 56.2 Å². The normalized spacial score (nSPS) is 12.6. The molecule has 0 bridgehead atoms. The third-order valence-electron chi connectivity index (χ3n) is 4.19. The molecule has 0 saturated carbocycles. The van der Waals surface area contributed by atoms with Gasteiger partial charge in [-0.15, -0.1) is 10.2 Å². The zero-order valence-electron chi connectivity index (χ0n) is 15.9. The maximum absolute atomic E-state index is 12.7. The number of nitrogens with zero attached hydrogens (tertiary/aromatic N) is 2. The summed E-state index contributed by atoms with van der Waals surface area (Å²) in [4.78, 5) is 12.2. The summed E-state index contributed by atoms with van der Waals surface area (Å²) in [5.41, 5.74) is 3.34. The van der Waals surface area contributed by atoms with E-state index in [0.717, 1.165) is 28.0 Å². The molecule has 3 rings (SSSR count). The topological polar surface area (TPSA) is 101 Å². The standard InChI is InChI=1S/C19H19ClN4O3S2/c1-11-4-9-16(12(2)10-11)13(3)24-29(26,27)19-23-22-18(28-19)21-17(25)14-5-7-15(20)8-6-14/h4-10,13,24H,1-3H3,(H,21,22,25)/t13-/m1/s1. The Morgan fingerprint density at radius 3 is 2.45 bits per heavy atom. The minimum atomic E-state index is -3.89. The number of anilines is 1. The molecule has 0 aliphatic carbocycles. The number of nitrogens with one attached hydrogen (secondary N) is 2. The Morgan fingerprint density at radius 2 is 1.79 bits per heavy atom. The van der Waals surface area contributed by atoms with Gasteiger partial charge in [0.1, 0.15) is 0 Å². The van der Waals surface area contributed by atoms with Crippen LogP contribution in [0.3, 0.4) is 0 Å². The third kappa shape index (κ3) is 5.18. The highest BCUT2D eigenvalue weighted by atomic mass is 35.5. The third-order valence-corrected chi connectivity index (χ3v) is 7.19. The lowest BCUT2D eigenvalue weighted by atomic mass is 10.0. The summed E-state index contributed by atoms with van der Waals surface area (Å²) in [6.45, 7) is 5.68. The monoisotopic (exact) mass is 450 g/mol. The van der Waals surface area contributed by atoms with Crippen LogP contribution in [-0.2, 0) is 10.0 Å². The summed E-state index contributed by atoms with van der Waals surface area (Å²) >= 11 is 6.59. The molecule has 3 aromatic rings. The lowest BCUT2D eigenvalue weighted by Gasteiger charge is -2.16. The van der Waals surface area contributed by atoms with E-state index < -0.39 is 22.0 Å². The molecular formula is C19H19ClN4O3S2. The van der Waals surface area contributed by atoms with Gasteiger partial charge < -0.3 is 0 Å². The summed E-state index contributed by atoms with van der Waals surface area (Å²) in [5, 5.41) is 10.6. The number of hydrogen-bond donors (Lipinski definition) is 2. The largest absolute Gasteiger partial charge is 0.296 e. The second-order valence-electron chi connectivity index (χ2n) is 6.54. The Hall–Kier alpha value is -2.33. The maximum atomic E-state index is 12.7. The molecule has 0 radical (unpaired) electrons. The molecule has 10 heteroatoms. The zero-order chi connectivity index (χ0) is 21.2. The van der Waals surface area contributed by atoms with Crippen molar-refractivity contribution in [1.82, 2.24) is 14.9 Å². The molecule has 152 valence electrons. The number of carbonyl (C=O) groups is 1. The van der Waals surface area contributed by atoms with Crippen LogP contribution in [0.5, 0.6) is 0 Å². The summed E-state index contributed by atoms with van der Waals surface area (Å²) in [7, 11) is -3.89. The lowest BCUT2D eigenvalue weighted by molar-refractivity contribution is 0.102. The van der Waals surface area contributed by atoms with E-state index in [0.29, 0.717) is 10.6 Å². The highest BCUT2D eigenvalue weighted by molar-refractivity contribution is 7.91. The molecule has 2 aromatic carbocycles. The van der Waals surface area contributed by atoms with Crippen LogP contribution in [0.4, 0.5) is 5.13 Å². The highest BCUT2D eigenvalue weighted by Crippen LogP contribution is 2.24. The molecule has 1 heterocycles. The van der Waals surface area contributed by atoms with Gasteiger partial charge in [0.2, 0.25) is 9.47 Å². The number of carbonyl (C=O) groups excluding carboxylic acids is 1. The van der Waals surface area contributed by atoms with Crippen molar-refractivity contribution in [2.45, 2.75) is 31.2 Å². The van der Waals surface area contributed by atoms with Gasteiger partial charge in [0.15, 0.2) is 0 Å². The summed E-state index contributed by atoms with van der Waals surface area (Å²) in [5.74, 6) is -0.432. The Labute approximate surface area is 178 Å². The lowest BCUT2D eigenvalue weighted by Crippen LogP contribution is -2.27. The van der Waals surface area contributed by atoms with Crippen LogP contribution in [0, 0.1) is 13.8 Å². The number of hydrogen-bond acceptors (Lipinski definition) is 6. The first-order chi connectivity index (χ1) is 13.7. The van der Waals surface area contributed by atoms with E-state index in [9.17, 15) is 13.2 Å². The molecule has 0 aliphatic rings. The predicted molar refractivity (Wildman–Crippen MR) is 114 cm³/mol. The average molecular weight is 451 g/mol. The van der Waals surface area contributed by atoms with Gasteiger partial charge in [0.05, 0.1) is 0 Å². The van der Waals surface area contributed by atoms with Gasteiger partial charge >= 0.3 is 0 Å². The molecular weight excluding hydrogens is 432 g/mol. The number of aryl methyl sites for hydroxylation is 2. The van der Waals surface area contributed by atoms with Crippen molar-refractivity contribution in [3.8, 4) is 0 Å². The van der Waals surface area contributed by atoms with Crippen LogP contribution >= 0.6 is 22.9 Å². The van der Waals surface area contributed by atoms with Crippen LogP contribution in [0.15, 0.2) is 46.8 Å². The van der Waals surface area contributed by atoms with Gasteiger partial charge in [-0.1, -0.05) is 46.7 Å². The molecule has 1 aromatic heterocycles. The van der Waals surface area contributed by atoms with Crippen LogP contribution in [0.25, 0.3) is 0 Å². The Bertz CT molecular complexity index is 1140. The number of amides is 1. The van der Waals surface area contributed by atoms with E-state index in [1.165, 1.54) is 0 Å². The molecule has 7 nitrogen and oxygen atoms in total. The van der Waals surface area contributed by atoms with Gasteiger partial charge in [-0.25, -0.2) is 13.1 Å². The fraction of sp³-hybridized carbons (Fsp3) is 0.211. The molecule has 0 unspecified atom stereocenters. The van der Waals surface area contributed by atoms with Gasteiger partial charge in [0.25, 0.3) is 15.9 Å². The Morgan fingerprint density at radius 1 is 1.10 bits per heavy atom. The minimum absolute atomic E-state index is 0.0875. The number of aromatic nitrogens is 2. The quantitative estimate of drug-likeness (QED) is 0.550. The molecule has 0 spiro atoms. The highest BCUT2D eigenvalue weighted by Gasteiger charge is 2.24. The van der Waals surface area contributed by atoms with Crippen LogP contribution in [-0.4, -0.2) is 24.5 Å². The van der Waals surface area contributed by atoms with E-state index in [-0.39, 0.29) is 9.47 Å². The van der Waals surface area contributed by atoms with E-state index in [4.69, 9.17) is 11.6 Å². The zero-order valence-corrected chi connectivity index (χ0v) is 18.3. The van der Waals surface area contributed by atoms with Gasteiger partial charge in [-0.2, -0.15) is 0 Å². The van der Waals surface area contributed by atoms with E-state index >= 15 is 0 Å². The first-order valence-electron chi connectivity index (χ1n) is 8.65.